The van der Waals surface area contributed by atoms with E-state index in [4.69, 9.17) is 0 Å². The van der Waals surface area contributed by atoms with Gasteiger partial charge in [0.1, 0.15) is 5.69 Å². The fourth-order valence-corrected chi connectivity index (χ4v) is 4.39. The molecule has 0 radical (unpaired) electrons. The number of amides is 2. The highest BCUT2D eigenvalue weighted by molar-refractivity contribution is 7.13. The molecule has 7 nitrogen and oxygen atoms in total. The van der Waals surface area contributed by atoms with Gasteiger partial charge in [0.2, 0.25) is 5.91 Å². The van der Waals surface area contributed by atoms with Crippen molar-refractivity contribution in [1.82, 2.24) is 20.1 Å². The van der Waals surface area contributed by atoms with Crippen molar-refractivity contribution < 1.29 is 9.59 Å². The summed E-state index contributed by atoms with van der Waals surface area (Å²) in [6.07, 6.45) is 6.97. The molecular formula is C19H31N5O2S. The molecule has 0 spiro atoms. The molecule has 0 atom stereocenters. The lowest BCUT2D eigenvalue weighted by Crippen LogP contribution is -2.52. The summed E-state index contributed by atoms with van der Waals surface area (Å²) in [5, 5.41) is 9.01. The summed E-state index contributed by atoms with van der Waals surface area (Å²) in [5.41, 5.74) is 0.516. The fourth-order valence-electron chi connectivity index (χ4n) is 3.68. The van der Waals surface area contributed by atoms with Crippen LogP contribution in [0.2, 0.25) is 0 Å². The Morgan fingerprint density at radius 3 is 2.63 bits per heavy atom. The van der Waals surface area contributed by atoms with Crippen LogP contribution in [0.3, 0.4) is 0 Å². The molecule has 150 valence electrons. The van der Waals surface area contributed by atoms with Gasteiger partial charge in [-0.15, -0.1) is 11.3 Å². The van der Waals surface area contributed by atoms with Crippen LogP contribution in [0.25, 0.3) is 0 Å². The molecule has 3 rings (SSSR count). The number of nitrogens with zero attached hydrogens (tertiary/aromatic N) is 3. The number of piperazine rings is 1. The van der Waals surface area contributed by atoms with Gasteiger partial charge in [0.25, 0.3) is 5.91 Å². The van der Waals surface area contributed by atoms with Gasteiger partial charge >= 0.3 is 0 Å². The van der Waals surface area contributed by atoms with Gasteiger partial charge in [-0.05, 0) is 19.3 Å². The molecule has 1 saturated carbocycles. The van der Waals surface area contributed by atoms with Crippen LogP contribution in [0.15, 0.2) is 5.38 Å². The molecule has 27 heavy (non-hydrogen) atoms. The summed E-state index contributed by atoms with van der Waals surface area (Å²) in [6, 6.07) is 0.356. The van der Waals surface area contributed by atoms with Gasteiger partial charge < -0.3 is 15.5 Å². The van der Waals surface area contributed by atoms with Crippen molar-refractivity contribution in [3.05, 3.63) is 11.1 Å². The van der Waals surface area contributed by atoms with Crippen LogP contribution in [0.1, 0.15) is 55.9 Å². The highest BCUT2D eigenvalue weighted by atomic mass is 32.1. The number of rotatable bonds is 7. The largest absolute Gasteiger partial charge is 0.362 e. The highest BCUT2D eigenvalue weighted by Crippen LogP contribution is 2.18. The molecule has 1 aromatic rings. The number of hydrogen-bond donors (Lipinski definition) is 2. The smallest absolute Gasteiger partial charge is 0.273 e. The number of aromatic nitrogens is 1. The summed E-state index contributed by atoms with van der Waals surface area (Å²) in [6.45, 7) is 6.14. The second-order valence-corrected chi connectivity index (χ2v) is 8.29. The Morgan fingerprint density at radius 1 is 1.19 bits per heavy atom. The van der Waals surface area contributed by atoms with E-state index in [1.54, 1.807) is 0 Å². The molecule has 2 fully saturated rings. The number of thiazole rings is 1. The van der Waals surface area contributed by atoms with Crippen LogP contribution in [0.4, 0.5) is 5.13 Å². The van der Waals surface area contributed by atoms with Crippen LogP contribution in [0.5, 0.6) is 0 Å². The third-order valence-electron chi connectivity index (χ3n) is 5.25. The van der Waals surface area contributed by atoms with Gasteiger partial charge in [-0.25, -0.2) is 4.98 Å². The van der Waals surface area contributed by atoms with Gasteiger partial charge in [0.15, 0.2) is 5.13 Å². The van der Waals surface area contributed by atoms with E-state index in [0.717, 1.165) is 44.0 Å². The molecule has 2 aliphatic rings. The Morgan fingerprint density at radius 2 is 1.93 bits per heavy atom. The second kappa shape index (κ2) is 10.0. The van der Waals surface area contributed by atoms with Gasteiger partial charge in [-0.3, -0.25) is 14.5 Å². The maximum atomic E-state index is 12.6. The summed E-state index contributed by atoms with van der Waals surface area (Å²) in [4.78, 5) is 33.3. The maximum absolute atomic E-state index is 12.6. The highest BCUT2D eigenvalue weighted by Gasteiger charge is 2.25. The first-order valence-electron chi connectivity index (χ1n) is 10.2. The van der Waals surface area contributed by atoms with Crippen LogP contribution < -0.4 is 10.6 Å². The van der Waals surface area contributed by atoms with E-state index in [9.17, 15) is 9.59 Å². The first kappa shape index (κ1) is 20.1. The van der Waals surface area contributed by atoms with Gasteiger partial charge in [0, 0.05) is 44.1 Å². The predicted octanol–water partition coefficient (Wildman–Crippen LogP) is 2.17. The lowest BCUT2D eigenvalue weighted by molar-refractivity contribution is -0.123. The van der Waals surface area contributed by atoms with Crippen molar-refractivity contribution in [2.75, 3.05) is 44.6 Å². The van der Waals surface area contributed by atoms with Crippen molar-refractivity contribution in [2.45, 2.75) is 51.5 Å². The first-order valence-corrected chi connectivity index (χ1v) is 11.0. The van der Waals surface area contributed by atoms with Crippen LogP contribution in [-0.2, 0) is 4.79 Å². The Bertz CT molecular complexity index is 621. The monoisotopic (exact) mass is 393 g/mol. The standard InChI is InChI=1S/C19H31N5O2S/c1-2-8-20-19-22-16(14-27-19)18(26)24-11-9-23(10-12-24)13-17(25)21-15-6-4-3-5-7-15/h14-15H,2-13H2,1H3,(H,20,22)(H,21,25). The van der Waals surface area contributed by atoms with E-state index in [1.165, 1.54) is 30.6 Å². The van der Waals surface area contributed by atoms with E-state index in [-0.39, 0.29) is 11.8 Å². The second-order valence-electron chi connectivity index (χ2n) is 7.44. The van der Waals surface area contributed by atoms with E-state index in [1.807, 2.05) is 10.3 Å². The zero-order chi connectivity index (χ0) is 19.1. The van der Waals surface area contributed by atoms with E-state index < -0.39 is 0 Å². The molecule has 0 unspecified atom stereocenters. The van der Waals surface area contributed by atoms with Crippen molar-refractivity contribution >= 4 is 28.3 Å². The lowest BCUT2D eigenvalue weighted by atomic mass is 9.95. The zero-order valence-corrected chi connectivity index (χ0v) is 17.0. The summed E-state index contributed by atoms with van der Waals surface area (Å²) < 4.78 is 0. The lowest BCUT2D eigenvalue weighted by Gasteiger charge is -2.34. The molecule has 1 saturated heterocycles. The maximum Gasteiger partial charge on any atom is 0.273 e. The minimum absolute atomic E-state index is 0.0119. The predicted molar refractivity (Wildman–Crippen MR) is 108 cm³/mol. The molecule has 2 amide bonds. The normalized spacial score (nSPS) is 19.1. The minimum Gasteiger partial charge on any atom is -0.362 e. The SMILES string of the molecule is CCCNc1nc(C(=O)N2CCN(CC(=O)NC3CCCCC3)CC2)cs1. The van der Waals surface area contributed by atoms with E-state index >= 15 is 0 Å². The van der Waals surface area contributed by atoms with Gasteiger partial charge in [-0.1, -0.05) is 26.2 Å². The molecule has 8 heteroatoms. The topological polar surface area (TPSA) is 77.6 Å². The van der Waals surface area contributed by atoms with E-state index in [2.05, 4.69) is 27.4 Å². The van der Waals surface area contributed by atoms with Crippen molar-refractivity contribution in [2.24, 2.45) is 0 Å². The fraction of sp³-hybridized carbons (Fsp3) is 0.737. The molecule has 2 heterocycles. The number of hydrogen-bond acceptors (Lipinski definition) is 6. The Balaban J connectivity index is 1.40. The Labute approximate surface area is 165 Å². The molecule has 1 aliphatic carbocycles. The first-order chi connectivity index (χ1) is 13.2. The third kappa shape index (κ3) is 5.90. The summed E-state index contributed by atoms with van der Waals surface area (Å²) >= 11 is 1.47. The Kier molecular flexibility index (Phi) is 7.46. The molecule has 1 aliphatic heterocycles. The number of anilines is 1. The van der Waals surface area contributed by atoms with Crippen LogP contribution in [-0.4, -0.2) is 71.9 Å². The molecule has 0 bridgehead atoms. The average molecular weight is 394 g/mol. The number of carbonyl (C=O) groups is 2. The number of carbonyl (C=O) groups excluding carboxylic acids is 2. The minimum atomic E-state index is -0.0119. The average Bonchev–Trinajstić information content (AvgIpc) is 3.16. The molecule has 2 N–H and O–H groups in total. The zero-order valence-electron chi connectivity index (χ0n) is 16.2. The molecule has 0 aromatic carbocycles. The summed E-state index contributed by atoms with van der Waals surface area (Å²) in [5.74, 6) is 0.106. The Hall–Kier alpha value is -1.67. The molecular weight excluding hydrogens is 362 g/mol. The molecule has 1 aromatic heterocycles. The third-order valence-corrected chi connectivity index (χ3v) is 6.05. The van der Waals surface area contributed by atoms with Crippen molar-refractivity contribution in [1.29, 1.82) is 0 Å². The van der Waals surface area contributed by atoms with Crippen molar-refractivity contribution in [3.63, 3.8) is 0 Å². The quantitative estimate of drug-likeness (QED) is 0.742. The van der Waals surface area contributed by atoms with Crippen LogP contribution in [0, 0.1) is 0 Å². The van der Waals surface area contributed by atoms with Crippen LogP contribution >= 0.6 is 11.3 Å². The summed E-state index contributed by atoms with van der Waals surface area (Å²) in [7, 11) is 0. The van der Waals surface area contributed by atoms with Gasteiger partial charge in [0.05, 0.1) is 6.54 Å². The van der Waals surface area contributed by atoms with Crippen molar-refractivity contribution in [3.8, 4) is 0 Å². The number of nitrogens with one attached hydrogen (secondary N) is 2. The van der Waals surface area contributed by atoms with E-state index in [0.29, 0.717) is 31.4 Å². The van der Waals surface area contributed by atoms with Gasteiger partial charge in [-0.2, -0.15) is 0 Å².